The summed E-state index contributed by atoms with van der Waals surface area (Å²) in [6.07, 6.45) is -4.72. The summed E-state index contributed by atoms with van der Waals surface area (Å²) < 4.78 is 64.9. The Morgan fingerprint density at radius 2 is 1.62 bits per heavy atom. The molecule has 2 aromatic rings. The normalized spacial score (nSPS) is 12.0. The van der Waals surface area contributed by atoms with Gasteiger partial charge in [-0.1, -0.05) is 0 Å². The number of halogens is 3. The van der Waals surface area contributed by atoms with Crippen LogP contribution in [0.5, 0.6) is 5.75 Å². The molecule has 0 saturated carbocycles. The van der Waals surface area contributed by atoms with Gasteiger partial charge in [-0.25, -0.2) is 8.42 Å². The van der Waals surface area contributed by atoms with Crippen LogP contribution in [0.2, 0.25) is 0 Å². The Morgan fingerprint density at radius 3 is 2.12 bits per heavy atom. The lowest BCUT2D eigenvalue weighted by Gasteiger charge is -2.14. The standard InChI is InChI=1S/C15H15F3N2O3S/c1-20(2)12-6-4-11(5-7-12)19-24(22,23)14-9-10(15(16,17)18)3-8-13(14)21/h3-9,19,21H,1-2H3. The summed E-state index contributed by atoms with van der Waals surface area (Å²) in [5.74, 6) is -0.764. The number of sulfonamides is 1. The predicted octanol–water partition coefficient (Wildman–Crippen LogP) is 3.28. The monoisotopic (exact) mass is 360 g/mol. The first-order chi connectivity index (χ1) is 11.0. The summed E-state index contributed by atoms with van der Waals surface area (Å²) in [5.41, 5.74) is -0.180. The van der Waals surface area contributed by atoms with Crippen LogP contribution >= 0.6 is 0 Å². The molecule has 5 nitrogen and oxygen atoms in total. The number of phenols is 1. The van der Waals surface area contributed by atoms with Crippen LogP contribution < -0.4 is 9.62 Å². The molecule has 0 atom stereocenters. The van der Waals surface area contributed by atoms with Gasteiger partial charge in [0.25, 0.3) is 10.0 Å². The van der Waals surface area contributed by atoms with Crippen molar-refractivity contribution in [2.45, 2.75) is 11.1 Å². The number of hydrogen-bond acceptors (Lipinski definition) is 4. The van der Waals surface area contributed by atoms with Crippen molar-refractivity contribution in [1.29, 1.82) is 0 Å². The number of nitrogens with zero attached hydrogens (tertiary/aromatic N) is 1. The molecule has 0 heterocycles. The zero-order valence-corrected chi connectivity index (χ0v) is 13.6. The van der Waals surface area contributed by atoms with E-state index in [0.717, 1.165) is 5.69 Å². The Morgan fingerprint density at radius 1 is 1.04 bits per heavy atom. The molecule has 2 N–H and O–H groups in total. The molecule has 0 fully saturated rings. The third kappa shape index (κ3) is 3.91. The first-order valence-corrected chi connectivity index (χ1v) is 8.19. The van der Waals surface area contributed by atoms with Crippen LogP contribution in [0.25, 0.3) is 0 Å². The highest BCUT2D eigenvalue weighted by Gasteiger charge is 2.33. The van der Waals surface area contributed by atoms with Gasteiger partial charge >= 0.3 is 6.18 Å². The van der Waals surface area contributed by atoms with Gasteiger partial charge in [-0.15, -0.1) is 0 Å². The highest BCUT2D eigenvalue weighted by atomic mass is 32.2. The number of anilines is 2. The fourth-order valence-corrected chi connectivity index (χ4v) is 3.13. The van der Waals surface area contributed by atoms with Crippen LogP contribution in [0.15, 0.2) is 47.4 Å². The average Bonchev–Trinajstić information content (AvgIpc) is 2.46. The van der Waals surface area contributed by atoms with Gasteiger partial charge in [0.2, 0.25) is 0 Å². The number of benzene rings is 2. The fraction of sp³-hybridized carbons (Fsp3) is 0.200. The molecule has 0 aliphatic carbocycles. The van der Waals surface area contributed by atoms with E-state index < -0.39 is 32.4 Å². The summed E-state index contributed by atoms with van der Waals surface area (Å²) in [5, 5.41) is 9.64. The van der Waals surface area contributed by atoms with Crippen molar-refractivity contribution in [3.63, 3.8) is 0 Å². The van der Waals surface area contributed by atoms with Crippen LogP contribution in [0, 0.1) is 0 Å². The van der Waals surface area contributed by atoms with Gasteiger partial charge in [-0.2, -0.15) is 13.2 Å². The minimum absolute atomic E-state index is 0.164. The summed E-state index contributed by atoms with van der Waals surface area (Å²) >= 11 is 0. The Bertz CT molecular complexity index is 832. The van der Waals surface area contributed by atoms with E-state index >= 15 is 0 Å². The van der Waals surface area contributed by atoms with Gasteiger partial charge in [0.1, 0.15) is 10.6 Å². The third-order valence-electron chi connectivity index (χ3n) is 3.21. The molecule has 0 bridgehead atoms. The molecule has 9 heteroatoms. The quantitative estimate of drug-likeness (QED) is 0.878. The zero-order valence-electron chi connectivity index (χ0n) is 12.8. The summed E-state index contributed by atoms with van der Waals surface area (Å²) in [4.78, 5) is 0.964. The molecular formula is C15H15F3N2O3S. The van der Waals surface area contributed by atoms with Crippen molar-refractivity contribution in [3.8, 4) is 5.75 Å². The predicted molar refractivity (Wildman–Crippen MR) is 84.7 cm³/mol. The number of nitrogens with one attached hydrogen (secondary N) is 1. The van der Waals surface area contributed by atoms with Crippen LogP contribution in [0.3, 0.4) is 0 Å². The van der Waals surface area contributed by atoms with Crippen molar-refractivity contribution < 1.29 is 26.7 Å². The van der Waals surface area contributed by atoms with E-state index in [2.05, 4.69) is 4.72 Å². The van der Waals surface area contributed by atoms with E-state index in [-0.39, 0.29) is 5.69 Å². The smallest absolute Gasteiger partial charge is 0.416 e. The average molecular weight is 360 g/mol. The van der Waals surface area contributed by atoms with E-state index in [4.69, 9.17) is 0 Å². The zero-order chi connectivity index (χ0) is 18.1. The molecular weight excluding hydrogens is 345 g/mol. The maximum Gasteiger partial charge on any atom is 0.416 e. The van der Waals surface area contributed by atoms with E-state index in [1.165, 1.54) is 12.1 Å². The molecule has 0 saturated heterocycles. The molecule has 0 amide bonds. The van der Waals surface area contributed by atoms with Crippen LogP contribution in [-0.4, -0.2) is 27.6 Å². The lowest BCUT2D eigenvalue weighted by molar-refractivity contribution is -0.137. The molecule has 0 aromatic heterocycles. The van der Waals surface area contributed by atoms with Crippen LogP contribution in [-0.2, 0) is 16.2 Å². The van der Waals surface area contributed by atoms with Gasteiger partial charge in [-0.05, 0) is 42.5 Å². The summed E-state index contributed by atoms with van der Waals surface area (Å²) in [6, 6.07) is 7.93. The molecule has 0 spiro atoms. The Balaban J connectivity index is 2.37. The highest BCUT2D eigenvalue weighted by Crippen LogP contribution is 2.34. The van der Waals surface area contributed by atoms with E-state index in [0.29, 0.717) is 18.2 Å². The molecule has 0 unspecified atom stereocenters. The number of rotatable bonds is 4. The SMILES string of the molecule is CN(C)c1ccc(NS(=O)(=O)c2cc(C(F)(F)F)ccc2O)cc1. The lowest BCUT2D eigenvalue weighted by Crippen LogP contribution is -2.15. The minimum Gasteiger partial charge on any atom is -0.507 e. The van der Waals surface area contributed by atoms with Gasteiger partial charge in [0.15, 0.2) is 0 Å². The van der Waals surface area contributed by atoms with Gasteiger partial charge in [0, 0.05) is 25.5 Å². The second-order valence-corrected chi connectivity index (χ2v) is 6.88. The first-order valence-electron chi connectivity index (χ1n) is 6.71. The van der Waals surface area contributed by atoms with Crippen molar-refractivity contribution in [2.75, 3.05) is 23.7 Å². The molecule has 130 valence electrons. The molecule has 24 heavy (non-hydrogen) atoms. The van der Waals surface area contributed by atoms with E-state index in [9.17, 15) is 26.7 Å². The lowest BCUT2D eigenvalue weighted by atomic mass is 10.2. The van der Waals surface area contributed by atoms with E-state index in [1.807, 2.05) is 0 Å². The Hall–Kier alpha value is -2.42. The molecule has 2 rings (SSSR count). The number of alkyl halides is 3. The van der Waals surface area contributed by atoms with E-state index in [1.54, 1.807) is 31.1 Å². The molecule has 0 aliphatic rings. The second kappa shape index (κ2) is 6.23. The maximum absolute atomic E-state index is 12.7. The summed E-state index contributed by atoms with van der Waals surface area (Å²) in [6.45, 7) is 0. The van der Waals surface area contributed by atoms with Crippen LogP contribution in [0.1, 0.15) is 5.56 Å². The van der Waals surface area contributed by atoms with Crippen molar-refractivity contribution >= 4 is 21.4 Å². The van der Waals surface area contributed by atoms with Gasteiger partial charge in [-0.3, -0.25) is 4.72 Å². The first kappa shape index (κ1) is 17.9. The second-order valence-electron chi connectivity index (χ2n) is 5.23. The number of aromatic hydroxyl groups is 1. The van der Waals surface area contributed by atoms with Crippen LogP contribution in [0.4, 0.5) is 24.5 Å². The van der Waals surface area contributed by atoms with Crippen molar-refractivity contribution in [2.24, 2.45) is 0 Å². The number of phenolic OH excluding ortho intramolecular Hbond substituents is 1. The molecule has 0 aliphatic heterocycles. The topological polar surface area (TPSA) is 69.6 Å². The third-order valence-corrected chi connectivity index (χ3v) is 4.62. The van der Waals surface area contributed by atoms with Crippen molar-refractivity contribution in [3.05, 3.63) is 48.0 Å². The molecule has 2 aromatic carbocycles. The maximum atomic E-state index is 12.7. The minimum atomic E-state index is -4.72. The van der Waals surface area contributed by atoms with Gasteiger partial charge < -0.3 is 10.0 Å². The number of hydrogen-bond donors (Lipinski definition) is 2. The van der Waals surface area contributed by atoms with Gasteiger partial charge in [0.05, 0.1) is 5.56 Å². The largest absolute Gasteiger partial charge is 0.507 e. The Kier molecular flexibility index (Phi) is 4.66. The molecule has 0 radical (unpaired) electrons. The van der Waals surface area contributed by atoms with Crippen molar-refractivity contribution in [1.82, 2.24) is 0 Å². The summed E-state index contributed by atoms with van der Waals surface area (Å²) in [7, 11) is -0.763. The highest BCUT2D eigenvalue weighted by molar-refractivity contribution is 7.92. The fourth-order valence-electron chi connectivity index (χ4n) is 1.94. The Labute approximate surface area is 137 Å².